The molecule has 0 amide bonds. The highest BCUT2D eigenvalue weighted by atomic mass is 79.9. The maximum absolute atomic E-state index is 9.91. The second kappa shape index (κ2) is 6.15. The smallest absolute Gasteiger partial charge is 0.0589 e. The van der Waals surface area contributed by atoms with Crippen LogP contribution in [-0.2, 0) is 11.2 Å². The summed E-state index contributed by atoms with van der Waals surface area (Å²) in [6.45, 7) is 0.901. The summed E-state index contributed by atoms with van der Waals surface area (Å²) in [7, 11) is 0. The molecule has 2 heterocycles. The molecule has 16 heavy (non-hydrogen) atoms. The Morgan fingerprint density at radius 1 is 1.62 bits per heavy atom. The molecule has 1 aliphatic rings. The van der Waals surface area contributed by atoms with Crippen molar-refractivity contribution in [2.75, 3.05) is 6.61 Å². The van der Waals surface area contributed by atoms with Gasteiger partial charge in [0.15, 0.2) is 0 Å². The lowest BCUT2D eigenvalue weighted by molar-refractivity contribution is 0.0815. The molecule has 90 valence electrons. The normalized spacial score (nSPS) is 22.5. The van der Waals surface area contributed by atoms with E-state index in [-0.39, 0.29) is 6.10 Å². The minimum Gasteiger partial charge on any atom is -0.393 e. The van der Waals surface area contributed by atoms with Gasteiger partial charge in [0.25, 0.3) is 0 Å². The van der Waals surface area contributed by atoms with Crippen molar-refractivity contribution >= 4 is 27.3 Å². The van der Waals surface area contributed by atoms with Crippen LogP contribution in [-0.4, -0.2) is 23.9 Å². The molecule has 0 saturated carbocycles. The summed E-state index contributed by atoms with van der Waals surface area (Å²) in [5, 5.41) is 12.0. The molecule has 2 atom stereocenters. The average Bonchev–Trinajstić information content (AvgIpc) is 2.87. The van der Waals surface area contributed by atoms with Crippen LogP contribution in [0.15, 0.2) is 15.9 Å². The zero-order valence-corrected chi connectivity index (χ0v) is 11.6. The molecule has 2 nitrogen and oxygen atoms in total. The molecule has 0 bridgehead atoms. The summed E-state index contributed by atoms with van der Waals surface area (Å²) in [5.41, 5.74) is 0. The maximum atomic E-state index is 9.91. The van der Waals surface area contributed by atoms with Gasteiger partial charge in [-0.1, -0.05) is 0 Å². The topological polar surface area (TPSA) is 29.5 Å². The number of aliphatic hydroxyl groups excluding tert-OH is 1. The lowest BCUT2D eigenvalue weighted by atomic mass is 10.1. The predicted molar refractivity (Wildman–Crippen MR) is 69.9 cm³/mol. The Labute approximate surface area is 109 Å². The molecule has 1 aromatic rings. The summed E-state index contributed by atoms with van der Waals surface area (Å²) >= 11 is 5.12. The molecule has 4 heteroatoms. The van der Waals surface area contributed by atoms with Gasteiger partial charge in [0.1, 0.15) is 0 Å². The third-order valence-corrected chi connectivity index (χ3v) is 4.62. The molecule has 1 saturated heterocycles. The number of aliphatic hydroxyl groups is 1. The van der Waals surface area contributed by atoms with Crippen LogP contribution in [0.4, 0.5) is 0 Å². The van der Waals surface area contributed by atoms with Gasteiger partial charge in [0.2, 0.25) is 0 Å². The number of hydrogen-bond donors (Lipinski definition) is 1. The first-order valence-corrected chi connectivity index (χ1v) is 7.44. The Morgan fingerprint density at radius 2 is 2.50 bits per heavy atom. The highest BCUT2D eigenvalue weighted by molar-refractivity contribution is 9.10. The van der Waals surface area contributed by atoms with Crippen molar-refractivity contribution in [3.63, 3.8) is 0 Å². The van der Waals surface area contributed by atoms with E-state index in [0.29, 0.717) is 6.10 Å². The lowest BCUT2D eigenvalue weighted by Crippen LogP contribution is -2.14. The van der Waals surface area contributed by atoms with Crippen molar-refractivity contribution in [3.05, 3.63) is 20.8 Å². The van der Waals surface area contributed by atoms with Crippen LogP contribution in [0.5, 0.6) is 0 Å². The first kappa shape index (κ1) is 12.6. The number of rotatable bonds is 5. The first-order chi connectivity index (χ1) is 7.74. The molecule has 0 aliphatic carbocycles. The standard InChI is InChI=1S/C12H17BrO2S/c13-9-6-12(16-8-9)7-10(14)3-4-11-2-1-5-15-11/h6,8,10-11,14H,1-5,7H2. The van der Waals surface area contributed by atoms with Gasteiger partial charge in [-0.15, -0.1) is 11.3 Å². The summed E-state index contributed by atoms with van der Waals surface area (Å²) < 4.78 is 6.65. The van der Waals surface area contributed by atoms with E-state index in [4.69, 9.17) is 4.74 Å². The van der Waals surface area contributed by atoms with Crippen LogP contribution in [0.3, 0.4) is 0 Å². The second-order valence-electron chi connectivity index (χ2n) is 4.30. The maximum Gasteiger partial charge on any atom is 0.0589 e. The molecule has 1 N–H and O–H groups in total. The molecule has 1 aromatic heterocycles. The molecule has 1 fully saturated rings. The van der Waals surface area contributed by atoms with E-state index < -0.39 is 0 Å². The molecular weight excluding hydrogens is 288 g/mol. The van der Waals surface area contributed by atoms with Crippen molar-refractivity contribution in [1.29, 1.82) is 0 Å². The quantitative estimate of drug-likeness (QED) is 0.904. The van der Waals surface area contributed by atoms with Gasteiger partial charge in [-0.25, -0.2) is 0 Å². The third kappa shape index (κ3) is 3.84. The van der Waals surface area contributed by atoms with Gasteiger partial charge < -0.3 is 9.84 Å². The van der Waals surface area contributed by atoms with Crippen LogP contribution in [0, 0.1) is 0 Å². The Balaban J connectivity index is 1.69. The van der Waals surface area contributed by atoms with Gasteiger partial charge in [-0.05, 0) is 47.7 Å². The molecule has 0 radical (unpaired) electrons. The fraction of sp³-hybridized carbons (Fsp3) is 0.667. The molecule has 2 rings (SSSR count). The van der Waals surface area contributed by atoms with Crippen molar-refractivity contribution < 1.29 is 9.84 Å². The minimum absolute atomic E-state index is 0.227. The Morgan fingerprint density at radius 3 is 3.12 bits per heavy atom. The van der Waals surface area contributed by atoms with Crippen LogP contribution >= 0.6 is 27.3 Å². The fourth-order valence-electron chi connectivity index (χ4n) is 2.05. The predicted octanol–water partition coefficient (Wildman–Crippen LogP) is 3.37. The Hall–Kier alpha value is 0.1000. The summed E-state index contributed by atoms with van der Waals surface area (Å²) in [5.74, 6) is 0. The highest BCUT2D eigenvalue weighted by Gasteiger charge is 2.17. The van der Waals surface area contributed by atoms with Gasteiger partial charge in [0.05, 0.1) is 12.2 Å². The zero-order valence-electron chi connectivity index (χ0n) is 9.19. The van der Waals surface area contributed by atoms with Crippen molar-refractivity contribution in [2.24, 2.45) is 0 Å². The Bertz CT molecular complexity index is 321. The number of thiophene rings is 1. The molecular formula is C12H17BrO2S. The van der Waals surface area contributed by atoms with Crippen molar-refractivity contribution in [1.82, 2.24) is 0 Å². The van der Waals surface area contributed by atoms with Gasteiger partial charge in [-0.2, -0.15) is 0 Å². The second-order valence-corrected chi connectivity index (χ2v) is 6.21. The largest absolute Gasteiger partial charge is 0.393 e. The molecule has 0 spiro atoms. The summed E-state index contributed by atoms with van der Waals surface area (Å²) in [6.07, 6.45) is 5.12. The van der Waals surface area contributed by atoms with E-state index in [1.54, 1.807) is 11.3 Å². The highest BCUT2D eigenvalue weighted by Crippen LogP contribution is 2.23. The van der Waals surface area contributed by atoms with E-state index in [1.807, 2.05) is 0 Å². The number of ether oxygens (including phenoxy) is 1. The van der Waals surface area contributed by atoms with Gasteiger partial charge in [-0.3, -0.25) is 0 Å². The van der Waals surface area contributed by atoms with E-state index >= 15 is 0 Å². The monoisotopic (exact) mass is 304 g/mol. The van der Waals surface area contributed by atoms with Gasteiger partial charge in [0, 0.05) is 27.8 Å². The van der Waals surface area contributed by atoms with E-state index in [9.17, 15) is 5.11 Å². The SMILES string of the molecule is OC(CCC1CCCO1)Cc1cc(Br)cs1. The minimum atomic E-state index is -0.227. The van der Waals surface area contributed by atoms with Gasteiger partial charge >= 0.3 is 0 Å². The number of hydrogen-bond acceptors (Lipinski definition) is 3. The fourth-order valence-corrected chi connectivity index (χ4v) is 3.57. The van der Waals surface area contributed by atoms with Crippen LogP contribution in [0.25, 0.3) is 0 Å². The zero-order chi connectivity index (χ0) is 11.4. The molecule has 2 unspecified atom stereocenters. The van der Waals surface area contributed by atoms with Crippen molar-refractivity contribution in [2.45, 2.75) is 44.3 Å². The van der Waals surface area contributed by atoms with Crippen LogP contribution in [0.2, 0.25) is 0 Å². The Kier molecular flexibility index (Phi) is 4.82. The molecule has 0 aromatic carbocycles. The summed E-state index contributed by atoms with van der Waals surface area (Å²) in [6, 6.07) is 2.08. The van der Waals surface area contributed by atoms with E-state index in [0.717, 1.165) is 36.8 Å². The first-order valence-electron chi connectivity index (χ1n) is 5.76. The van der Waals surface area contributed by atoms with E-state index in [1.165, 1.54) is 11.3 Å². The number of halogens is 1. The average molecular weight is 305 g/mol. The van der Waals surface area contributed by atoms with Crippen molar-refractivity contribution in [3.8, 4) is 0 Å². The van der Waals surface area contributed by atoms with E-state index in [2.05, 4.69) is 27.4 Å². The van der Waals surface area contributed by atoms with Crippen LogP contribution < -0.4 is 0 Å². The third-order valence-electron chi connectivity index (χ3n) is 2.90. The molecule has 1 aliphatic heterocycles. The lowest BCUT2D eigenvalue weighted by Gasteiger charge is -2.12. The van der Waals surface area contributed by atoms with Crippen LogP contribution in [0.1, 0.15) is 30.6 Å². The summed E-state index contributed by atoms with van der Waals surface area (Å²) in [4.78, 5) is 1.24.